The van der Waals surface area contributed by atoms with Crippen molar-refractivity contribution in [3.63, 3.8) is 0 Å². The quantitative estimate of drug-likeness (QED) is 0.788. The summed E-state index contributed by atoms with van der Waals surface area (Å²) >= 11 is 0. The molecule has 0 aromatic heterocycles. The number of nitrogens with zero attached hydrogens (tertiary/aromatic N) is 2. The van der Waals surface area contributed by atoms with Crippen LogP contribution in [0.5, 0.6) is 0 Å². The molecule has 0 aromatic carbocycles. The maximum absolute atomic E-state index is 11.9. The molecule has 1 unspecified atom stereocenters. The van der Waals surface area contributed by atoms with Crippen LogP contribution in [-0.4, -0.2) is 67.7 Å². The van der Waals surface area contributed by atoms with Gasteiger partial charge in [0.05, 0.1) is 0 Å². The zero-order valence-corrected chi connectivity index (χ0v) is 14.4. The summed E-state index contributed by atoms with van der Waals surface area (Å²) in [5.74, 6) is 0.601. The van der Waals surface area contributed by atoms with Crippen molar-refractivity contribution in [1.29, 1.82) is 0 Å². The van der Waals surface area contributed by atoms with Crippen molar-refractivity contribution in [3.05, 3.63) is 0 Å². The zero-order valence-electron chi connectivity index (χ0n) is 14.4. The molecule has 0 aliphatic carbocycles. The molecular formula is C17H34N4O. The fourth-order valence-corrected chi connectivity index (χ4v) is 3.54. The number of piperidine rings is 2. The first-order valence-electron chi connectivity index (χ1n) is 9.13. The van der Waals surface area contributed by atoms with Gasteiger partial charge in [-0.15, -0.1) is 0 Å². The minimum atomic E-state index is -0.00122. The topological polar surface area (TPSA) is 47.6 Å². The maximum atomic E-state index is 11.9. The lowest BCUT2D eigenvalue weighted by molar-refractivity contribution is 0.139. The number of urea groups is 1. The molecule has 2 aliphatic rings. The Morgan fingerprint density at radius 2 is 1.86 bits per heavy atom. The van der Waals surface area contributed by atoms with Crippen LogP contribution in [0.15, 0.2) is 0 Å². The molecule has 0 spiro atoms. The Bertz CT molecular complexity index is 329. The Morgan fingerprint density at radius 3 is 2.59 bits per heavy atom. The first-order valence-corrected chi connectivity index (χ1v) is 9.13. The van der Waals surface area contributed by atoms with E-state index in [1.165, 1.54) is 51.7 Å². The number of nitrogens with one attached hydrogen (secondary N) is 2. The minimum absolute atomic E-state index is 0.00122. The Kier molecular flexibility index (Phi) is 7.46. The number of hydrogen-bond donors (Lipinski definition) is 2. The molecule has 5 heteroatoms. The van der Waals surface area contributed by atoms with Crippen molar-refractivity contribution in [1.82, 2.24) is 20.4 Å². The van der Waals surface area contributed by atoms with Gasteiger partial charge in [0, 0.05) is 32.2 Å². The molecule has 1 atom stereocenters. The lowest BCUT2D eigenvalue weighted by Gasteiger charge is -2.35. The van der Waals surface area contributed by atoms with Crippen LogP contribution in [0.4, 0.5) is 4.79 Å². The van der Waals surface area contributed by atoms with Crippen molar-refractivity contribution >= 4 is 6.03 Å². The van der Waals surface area contributed by atoms with E-state index in [1.54, 1.807) is 0 Å². The lowest BCUT2D eigenvalue weighted by atomic mass is 9.97. The smallest absolute Gasteiger partial charge is 0.314 e. The van der Waals surface area contributed by atoms with E-state index in [-0.39, 0.29) is 6.03 Å². The zero-order chi connectivity index (χ0) is 15.8. The third-order valence-corrected chi connectivity index (χ3v) is 4.99. The van der Waals surface area contributed by atoms with E-state index in [1.807, 2.05) is 0 Å². The van der Waals surface area contributed by atoms with Gasteiger partial charge in [-0.2, -0.15) is 0 Å². The summed E-state index contributed by atoms with van der Waals surface area (Å²) in [5, 5.41) is 6.05. The normalized spacial score (nSPS) is 24.4. The first-order chi connectivity index (χ1) is 10.6. The van der Waals surface area contributed by atoms with Gasteiger partial charge in [0.15, 0.2) is 0 Å². The second kappa shape index (κ2) is 9.36. The van der Waals surface area contributed by atoms with E-state index in [2.05, 4.69) is 34.3 Å². The van der Waals surface area contributed by atoms with Crippen LogP contribution in [0.1, 0.15) is 46.0 Å². The van der Waals surface area contributed by atoms with Crippen LogP contribution in [0, 0.1) is 5.92 Å². The molecule has 0 aromatic rings. The molecule has 2 saturated heterocycles. The summed E-state index contributed by atoms with van der Waals surface area (Å²) in [5.41, 5.74) is 0. The number of rotatable bonds is 6. The van der Waals surface area contributed by atoms with Gasteiger partial charge in [0.25, 0.3) is 0 Å². The van der Waals surface area contributed by atoms with Crippen LogP contribution in [0.25, 0.3) is 0 Å². The van der Waals surface area contributed by atoms with Gasteiger partial charge in [-0.25, -0.2) is 4.79 Å². The van der Waals surface area contributed by atoms with Gasteiger partial charge in [0.1, 0.15) is 0 Å². The van der Waals surface area contributed by atoms with Crippen LogP contribution in [0.2, 0.25) is 0 Å². The van der Waals surface area contributed by atoms with Gasteiger partial charge in [-0.1, -0.05) is 6.42 Å². The standard InChI is InChI=1S/C17H34N4O/c1-15(2)21-11-6-7-16(14-21)13-19-17(22)18-8-12-20-9-4-3-5-10-20/h15-16H,3-14H2,1-2H3,(H2,18,19,22). The molecule has 2 fully saturated rings. The molecule has 128 valence electrons. The Morgan fingerprint density at radius 1 is 1.09 bits per heavy atom. The Balaban J connectivity index is 1.55. The van der Waals surface area contributed by atoms with Gasteiger partial charge in [-0.05, 0) is 65.1 Å². The minimum Gasteiger partial charge on any atom is -0.338 e. The van der Waals surface area contributed by atoms with Crippen LogP contribution >= 0.6 is 0 Å². The number of likely N-dealkylation sites (tertiary alicyclic amines) is 2. The summed E-state index contributed by atoms with van der Waals surface area (Å²) in [6, 6.07) is 0.611. The van der Waals surface area contributed by atoms with Crippen molar-refractivity contribution in [2.75, 3.05) is 45.8 Å². The highest BCUT2D eigenvalue weighted by Crippen LogP contribution is 2.17. The molecule has 2 amide bonds. The van der Waals surface area contributed by atoms with E-state index in [4.69, 9.17) is 0 Å². The van der Waals surface area contributed by atoms with Crippen LogP contribution in [-0.2, 0) is 0 Å². The highest BCUT2D eigenvalue weighted by atomic mass is 16.2. The molecule has 2 N–H and O–H groups in total. The van der Waals surface area contributed by atoms with Crippen molar-refractivity contribution in [3.8, 4) is 0 Å². The van der Waals surface area contributed by atoms with Gasteiger partial charge >= 0.3 is 6.03 Å². The third kappa shape index (κ3) is 6.13. The molecule has 2 rings (SSSR count). The largest absolute Gasteiger partial charge is 0.338 e. The summed E-state index contributed by atoms with van der Waals surface area (Å²) < 4.78 is 0. The third-order valence-electron chi connectivity index (χ3n) is 4.99. The molecule has 22 heavy (non-hydrogen) atoms. The SMILES string of the molecule is CC(C)N1CCCC(CNC(=O)NCCN2CCCCC2)C1. The molecule has 2 aliphatic heterocycles. The van der Waals surface area contributed by atoms with Gasteiger partial charge in [-0.3, -0.25) is 0 Å². The van der Waals surface area contributed by atoms with Crippen LogP contribution < -0.4 is 10.6 Å². The van der Waals surface area contributed by atoms with Crippen molar-refractivity contribution < 1.29 is 4.79 Å². The number of carbonyl (C=O) groups excluding carboxylic acids is 1. The van der Waals surface area contributed by atoms with Gasteiger partial charge in [0.2, 0.25) is 0 Å². The molecule has 2 heterocycles. The highest BCUT2D eigenvalue weighted by Gasteiger charge is 2.21. The second-order valence-electron chi connectivity index (χ2n) is 7.14. The lowest BCUT2D eigenvalue weighted by Crippen LogP contribution is -2.46. The summed E-state index contributed by atoms with van der Waals surface area (Å²) in [6.45, 7) is 11.8. The predicted molar refractivity (Wildman–Crippen MR) is 91.1 cm³/mol. The van der Waals surface area contributed by atoms with Crippen molar-refractivity contribution in [2.45, 2.75) is 52.0 Å². The van der Waals surface area contributed by atoms with Gasteiger partial charge < -0.3 is 20.4 Å². The van der Waals surface area contributed by atoms with Crippen LogP contribution in [0.3, 0.4) is 0 Å². The van der Waals surface area contributed by atoms with Crippen molar-refractivity contribution in [2.24, 2.45) is 5.92 Å². The van der Waals surface area contributed by atoms with E-state index in [0.29, 0.717) is 12.0 Å². The van der Waals surface area contributed by atoms with E-state index in [9.17, 15) is 4.79 Å². The number of carbonyl (C=O) groups is 1. The molecular weight excluding hydrogens is 276 g/mol. The first kappa shape index (κ1) is 17.5. The molecule has 0 saturated carbocycles. The molecule has 5 nitrogen and oxygen atoms in total. The number of hydrogen-bond acceptors (Lipinski definition) is 3. The Hall–Kier alpha value is -0.810. The average molecular weight is 310 g/mol. The monoisotopic (exact) mass is 310 g/mol. The highest BCUT2D eigenvalue weighted by molar-refractivity contribution is 5.73. The fourth-order valence-electron chi connectivity index (χ4n) is 3.54. The predicted octanol–water partition coefficient (Wildman–Crippen LogP) is 1.89. The fraction of sp³-hybridized carbons (Fsp3) is 0.941. The second-order valence-corrected chi connectivity index (χ2v) is 7.14. The molecule has 0 radical (unpaired) electrons. The number of amides is 2. The Labute approximate surface area is 135 Å². The average Bonchev–Trinajstić information content (AvgIpc) is 2.54. The maximum Gasteiger partial charge on any atom is 0.314 e. The van der Waals surface area contributed by atoms with E-state index in [0.717, 1.165) is 26.2 Å². The van der Waals surface area contributed by atoms with E-state index >= 15 is 0 Å². The van der Waals surface area contributed by atoms with E-state index < -0.39 is 0 Å². The summed E-state index contributed by atoms with van der Waals surface area (Å²) in [4.78, 5) is 16.9. The summed E-state index contributed by atoms with van der Waals surface area (Å²) in [6.07, 6.45) is 6.46. The summed E-state index contributed by atoms with van der Waals surface area (Å²) in [7, 11) is 0. The molecule has 0 bridgehead atoms.